The molecule has 0 aromatic heterocycles. The predicted octanol–water partition coefficient (Wildman–Crippen LogP) is 7.68. The Kier molecular flexibility index (Phi) is 13.0. The number of allylic oxidation sites excluding steroid dienone is 3. The Morgan fingerprint density at radius 3 is 1.62 bits per heavy atom. The van der Waals surface area contributed by atoms with Gasteiger partial charge in [0.25, 0.3) is 0 Å². The Morgan fingerprint density at radius 2 is 1.29 bits per heavy atom. The van der Waals surface area contributed by atoms with E-state index in [1.165, 1.54) is 56.9 Å². The molecule has 0 radical (unpaired) electrons. The van der Waals surface area contributed by atoms with Crippen molar-refractivity contribution < 1.29 is 0 Å². The number of unbranched alkanes of at least 4 members (excludes halogenated alkanes) is 3. The monoisotopic (exact) mass is 400 g/mol. The average molecular weight is 399 g/mol. The molecule has 1 heteroatoms. The van der Waals surface area contributed by atoms with Gasteiger partial charge in [0.15, 0.2) is 0 Å². The Labute approximate surface area is 139 Å². The molecule has 0 aliphatic carbocycles. The van der Waals surface area contributed by atoms with Crippen molar-refractivity contribution in [3.05, 3.63) is 21.8 Å². The standard InChI is InChI=1S/C8H13.3C4H9.Sn/c1-4-5-6-7-8(2)3;3*1-3-4-2;/h7H,1,5-6H2,2-3H3;3*1,3-4H2,2H3;. The van der Waals surface area contributed by atoms with Crippen LogP contribution in [0.25, 0.3) is 0 Å². The van der Waals surface area contributed by atoms with Gasteiger partial charge in [0.05, 0.1) is 0 Å². The van der Waals surface area contributed by atoms with Crippen molar-refractivity contribution in [2.75, 3.05) is 0 Å². The second-order valence-electron chi connectivity index (χ2n) is 7.01. The van der Waals surface area contributed by atoms with E-state index >= 15 is 0 Å². The van der Waals surface area contributed by atoms with Crippen molar-refractivity contribution in [3.63, 3.8) is 0 Å². The van der Waals surface area contributed by atoms with E-state index in [4.69, 9.17) is 0 Å². The first-order chi connectivity index (χ1) is 10.0. The summed E-state index contributed by atoms with van der Waals surface area (Å²) in [6, 6.07) is 0. The van der Waals surface area contributed by atoms with E-state index < -0.39 is 18.4 Å². The molecular formula is C20H40Sn. The van der Waals surface area contributed by atoms with E-state index in [9.17, 15) is 0 Å². The zero-order valence-electron chi connectivity index (χ0n) is 15.6. The van der Waals surface area contributed by atoms with Gasteiger partial charge in [-0.25, -0.2) is 0 Å². The molecule has 0 aliphatic heterocycles. The minimum atomic E-state index is -2.12. The van der Waals surface area contributed by atoms with Crippen LogP contribution >= 0.6 is 0 Å². The van der Waals surface area contributed by atoms with E-state index in [-0.39, 0.29) is 0 Å². The molecule has 0 aliphatic rings. The second kappa shape index (κ2) is 12.8. The molecule has 0 saturated carbocycles. The van der Waals surface area contributed by atoms with Crippen molar-refractivity contribution in [1.82, 2.24) is 0 Å². The van der Waals surface area contributed by atoms with Crippen LogP contribution in [0.3, 0.4) is 0 Å². The fourth-order valence-corrected chi connectivity index (χ4v) is 19.2. The van der Waals surface area contributed by atoms with Gasteiger partial charge >= 0.3 is 139 Å². The van der Waals surface area contributed by atoms with Crippen LogP contribution in [0.15, 0.2) is 21.8 Å². The minimum absolute atomic E-state index is 1.23. The Bertz CT molecular complexity index is 275. The van der Waals surface area contributed by atoms with Crippen molar-refractivity contribution in [1.29, 1.82) is 0 Å². The van der Waals surface area contributed by atoms with E-state index in [0.717, 1.165) is 0 Å². The average Bonchev–Trinajstić information content (AvgIpc) is 2.46. The molecule has 21 heavy (non-hydrogen) atoms. The topological polar surface area (TPSA) is 0 Å². The van der Waals surface area contributed by atoms with Crippen LogP contribution in [0.4, 0.5) is 0 Å². The third-order valence-electron chi connectivity index (χ3n) is 4.78. The summed E-state index contributed by atoms with van der Waals surface area (Å²) >= 11 is -2.12. The predicted molar refractivity (Wildman–Crippen MR) is 103 cm³/mol. The molecule has 0 N–H and O–H groups in total. The fraction of sp³-hybridized carbons (Fsp3) is 0.800. The normalized spacial score (nSPS) is 11.5. The van der Waals surface area contributed by atoms with Gasteiger partial charge in [-0.05, 0) is 0 Å². The quantitative estimate of drug-likeness (QED) is 0.220. The Hall–Kier alpha value is 0.279. The Balaban J connectivity index is 4.90. The Morgan fingerprint density at radius 1 is 0.857 bits per heavy atom. The zero-order chi connectivity index (χ0) is 16.1. The van der Waals surface area contributed by atoms with Gasteiger partial charge in [-0.15, -0.1) is 0 Å². The van der Waals surface area contributed by atoms with Crippen LogP contribution in [0, 0.1) is 0 Å². The zero-order valence-corrected chi connectivity index (χ0v) is 18.4. The number of hydrogen-bond donors (Lipinski definition) is 0. The summed E-state index contributed by atoms with van der Waals surface area (Å²) in [6.07, 6.45) is 13.3. The molecule has 124 valence electrons. The fourth-order valence-electron chi connectivity index (χ4n) is 3.25. The number of rotatable bonds is 13. The van der Waals surface area contributed by atoms with Crippen LogP contribution < -0.4 is 0 Å². The summed E-state index contributed by atoms with van der Waals surface area (Å²) < 4.78 is 6.45. The van der Waals surface area contributed by atoms with Crippen LogP contribution in [-0.4, -0.2) is 18.4 Å². The summed E-state index contributed by atoms with van der Waals surface area (Å²) in [5, 5.41) is 0. The third kappa shape index (κ3) is 9.11. The summed E-state index contributed by atoms with van der Waals surface area (Å²) in [7, 11) is 0. The molecule has 0 amide bonds. The molecule has 0 nitrogen and oxygen atoms in total. The van der Waals surface area contributed by atoms with E-state index in [2.05, 4.69) is 47.3 Å². The van der Waals surface area contributed by atoms with E-state index in [1.807, 2.05) is 0 Å². The molecule has 0 aromatic carbocycles. The van der Waals surface area contributed by atoms with Crippen molar-refractivity contribution in [2.45, 2.75) is 99.3 Å². The number of hydrogen-bond acceptors (Lipinski definition) is 0. The molecule has 0 unspecified atom stereocenters. The first kappa shape index (κ1) is 21.3. The summed E-state index contributed by atoms with van der Waals surface area (Å²) in [4.78, 5) is 0. The molecule has 0 aromatic rings. The van der Waals surface area contributed by atoms with Crippen molar-refractivity contribution >= 4 is 18.4 Å². The van der Waals surface area contributed by atoms with Crippen molar-refractivity contribution in [3.8, 4) is 0 Å². The van der Waals surface area contributed by atoms with E-state index in [1.54, 1.807) is 16.9 Å². The molecule has 0 heterocycles. The molecule has 0 bridgehead atoms. The molecule has 0 rings (SSSR count). The molecule has 0 saturated heterocycles. The van der Waals surface area contributed by atoms with Crippen LogP contribution in [0.5, 0.6) is 0 Å². The van der Waals surface area contributed by atoms with E-state index in [0.29, 0.717) is 0 Å². The SMILES string of the molecule is C=[C](CCC=C(C)C)[Sn]([CH2]CCC)([CH2]CCC)[CH2]CCC. The van der Waals surface area contributed by atoms with Crippen LogP contribution in [0.2, 0.25) is 13.3 Å². The van der Waals surface area contributed by atoms with Gasteiger partial charge in [-0.2, -0.15) is 0 Å². The van der Waals surface area contributed by atoms with Gasteiger partial charge in [-0.1, -0.05) is 0 Å². The maximum absolute atomic E-state index is 4.65. The van der Waals surface area contributed by atoms with Crippen LogP contribution in [0.1, 0.15) is 86.0 Å². The van der Waals surface area contributed by atoms with Gasteiger partial charge in [0.1, 0.15) is 0 Å². The second-order valence-corrected chi connectivity index (χ2v) is 20.6. The summed E-state index contributed by atoms with van der Waals surface area (Å²) in [5.74, 6) is 0. The van der Waals surface area contributed by atoms with Gasteiger partial charge in [-0.3, -0.25) is 0 Å². The summed E-state index contributed by atoms with van der Waals surface area (Å²) in [5.41, 5.74) is 1.46. The first-order valence-electron chi connectivity index (χ1n) is 9.34. The van der Waals surface area contributed by atoms with Gasteiger partial charge in [0, 0.05) is 0 Å². The van der Waals surface area contributed by atoms with Crippen LogP contribution in [-0.2, 0) is 0 Å². The molecule has 0 spiro atoms. The summed E-state index contributed by atoms with van der Waals surface area (Å²) in [6.45, 7) is 16.1. The molecule has 0 atom stereocenters. The van der Waals surface area contributed by atoms with Gasteiger partial charge < -0.3 is 0 Å². The van der Waals surface area contributed by atoms with Crippen molar-refractivity contribution in [2.24, 2.45) is 0 Å². The molecular weight excluding hydrogens is 359 g/mol. The first-order valence-corrected chi connectivity index (χ1v) is 16.8. The van der Waals surface area contributed by atoms with Gasteiger partial charge in [0.2, 0.25) is 0 Å². The maximum atomic E-state index is 4.65. The molecule has 0 fully saturated rings. The third-order valence-corrected chi connectivity index (χ3v) is 21.0.